The minimum absolute atomic E-state index is 0.0171. The SMILES string of the molecule is CC(C)CN1C[C@H](OCc2cccc(F)c2)CN(C(=O)c2cncs2)CC1=O. The predicted octanol–water partition coefficient (Wildman–Crippen LogP) is 2.81. The zero-order chi connectivity index (χ0) is 20.1. The molecule has 1 atom stereocenters. The number of carbonyl (C=O) groups excluding carboxylic acids is 2. The Balaban J connectivity index is 1.75. The molecule has 3 rings (SSSR count). The zero-order valence-corrected chi connectivity index (χ0v) is 16.8. The lowest BCUT2D eigenvalue weighted by atomic mass is 10.2. The predicted molar refractivity (Wildman–Crippen MR) is 104 cm³/mol. The molecule has 1 aromatic carbocycles. The van der Waals surface area contributed by atoms with Crippen molar-refractivity contribution in [2.75, 3.05) is 26.2 Å². The first-order valence-corrected chi connectivity index (χ1v) is 10.1. The third-order valence-electron chi connectivity index (χ3n) is 4.42. The van der Waals surface area contributed by atoms with Gasteiger partial charge in [-0.3, -0.25) is 14.6 Å². The number of carbonyl (C=O) groups is 2. The molecule has 1 aromatic heterocycles. The van der Waals surface area contributed by atoms with Gasteiger partial charge in [0, 0.05) is 19.6 Å². The second-order valence-electron chi connectivity index (χ2n) is 7.31. The molecular formula is C20H24FN3O3S. The van der Waals surface area contributed by atoms with E-state index in [9.17, 15) is 14.0 Å². The number of nitrogens with zero attached hydrogens (tertiary/aromatic N) is 3. The summed E-state index contributed by atoms with van der Waals surface area (Å²) in [5.74, 6) is -0.331. The van der Waals surface area contributed by atoms with Gasteiger partial charge in [-0.2, -0.15) is 0 Å². The summed E-state index contributed by atoms with van der Waals surface area (Å²) in [6, 6.07) is 6.23. The molecule has 1 fully saturated rings. The number of halogens is 1. The number of amides is 2. The van der Waals surface area contributed by atoms with Crippen LogP contribution in [-0.4, -0.2) is 58.9 Å². The van der Waals surface area contributed by atoms with Gasteiger partial charge in [-0.05, 0) is 23.6 Å². The highest BCUT2D eigenvalue weighted by Crippen LogP contribution is 2.17. The first-order valence-electron chi connectivity index (χ1n) is 9.24. The van der Waals surface area contributed by atoms with Crippen molar-refractivity contribution in [3.63, 3.8) is 0 Å². The van der Waals surface area contributed by atoms with Gasteiger partial charge in [0.05, 0.1) is 24.4 Å². The van der Waals surface area contributed by atoms with Crippen LogP contribution in [-0.2, 0) is 16.1 Å². The summed E-state index contributed by atoms with van der Waals surface area (Å²) in [7, 11) is 0. The van der Waals surface area contributed by atoms with E-state index in [0.717, 1.165) is 0 Å². The molecule has 8 heteroatoms. The van der Waals surface area contributed by atoms with E-state index in [1.165, 1.54) is 34.6 Å². The summed E-state index contributed by atoms with van der Waals surface area (Å²) >= 11 is 1.25. The first kappa shape index (κ1) is 20.4. The molecule has 28 heavy (non-hydrogen) atoms. The lowest BCUT2D eigenvalue weighted by Crippen LogP contribution is -2.40. The van der Waals surface area contributed by atoms with Crippen molar-refractivity contribution in [1.29, 1.82) is 0 Å². The average Bonchev–Trinajstić information content (AvgIpc) is 3.13. The standard InChI is InChI=1S/C20H24FN3O3S/c1-14(2)8-23-9-17(27-12-15-4-3-5-16(21)6-15)10-24(11-19(23)25)20(26)18-7-22-13-28-18/h3-7,13-14,17H,8-12H2,1-2H3/t17-/m0/s1. The number of ether oxygens (including phenoxy) is 1. The lowest BCUT2D eigenvalue weighted by Gasteiger charge is -2.26. The van der Waals surface area contributed by atoms with E-state index in [4.69, 9.17) is 4.74 Å². The van der Waals surface area contributed by atoms with Crippen molar-refractivity contribution in [2.24, 2.45) is 5.92 Å². The number of rotatable bonds is 6. The molecule has 0 saturated carbocycles. The second-order valence-corrected chi connectivity index (χ2v) is 8.19. The molecule has 0 radical (unpaired) electrons. The molecule has 1 saturated heterocycles. The van der Waals surface area contributed by atoms with E-state index in [1.54, 1.807) is 22.5 Å². The highest BCUT2D eigenvalue weighted by atomic mass is 32.1. The summed E-state index contributed by atoms with van der Waals surface area (Å²) in [5, 5.41) is 0. The van der Waals surface area contributed by atoms with Crippen LogP contribution in [0.1, 0.15) is 29.1 Å². The van der Waals surface area contributed by atoms with Gasteiger partial charge in [-0.1, -0.05) is 26.0 Å². The van der Waals surface area contributed by atoms with Gasteiger partial charge in [0.25, 0.3) is 5.91 Å². The number of hydrogen-bond acceptors (Lipinski definition) is 5. The summed E-state index contributed by atoms with van der Waals surface area (Å²) in [4.78, 5) is 33.2. The maximum atomic E-state index is 13.4. The lowest BCUT2D eigenvalue weighted by molar-refractivity contribution is -0.132. The van der Waals surface area contributed by atoms with E-state index in [2.05, 4.69) is 4.98 Å². The van der Waals surface area contributed by atoms with Crippen LogP contribution in [0, 0.1) is 11.7 Å². The second kappa shape index (κ2) is 9.25. The highest BCUT2D eigenvalue weighted by Gasteiger charge is 2.32. The van der Waals surface area contributed by atoms with Gasteiger partial charge in [0.1, 0.15) is 17.2 Å². The Hall–Kier alpha value is -2.32. The van der Waals surface area contributed by atoms with E-state index >= 15 is 0 Å². The Morgan fingerprint density at radius 1 is 1.39 bits per heavy atom. The molecular weight excluding hydrogens is 381 g/mol. The van der Waals surface area contributed by atoms with Crippen LogP contribution in [0.2, 0.25) is 0 Å². The number of thiazole rings is 1. The molecule has 0 unspecified atom stereocenters. The van der Waals surface area contributed by atoms with Crippen molar-refractivity contribution < 1.29 is 18.7 Å². The normalized spacial score (nSPS) is 17.9. The summed E-state index contributed by atoms with van der Waals surface area (Å²) in [5.41, 5.74) is 2.31. The van der Waals surface area contributed by atoms with Gasteiger partial charge in [-0.15, -0.1) is 11.3 Å². The molecule has 2 aromatic rings. The largest absolute Gasteiger partial charge is 0.370 e. The minimum atomic E-state index is -0.356. The van der Waals surface area contributed by atoms with Gasteiger partial charge < -0.3 is 14.5 Å². The Morgan fingerprint density at radius 2 is 2.21 bits per heavy atom. The molecule has 2 heterocycles. The first-order chi connectivity index (χ1) is 13.4. The maximum Gasteiger partial charge on any atom is 0.266 e. The molecule has 1 aliphatic heterocycles. The smallest absolute Gasteiger partial charge is 0.266 e. The molecule has 6 nitrogen and oxygen atoms in total. The third kappa shape index (κ3) is 5.36. The molecule has 0 aliphatic carbocycles. The average molecular weight is 405 g/mol. The zero-order valence-electron chi connectivity index (χ0n) is 16.0. The molecule has 2 amide bonds. The van der Waals surface area contributed by atoms with Crippen molar-refractivity contribution in [3.05, 3.63) is 52.2 Å². The van der Waals surface area contributed by atoms with Crippen LogP contribution in [0.4, 0.5) is 4.39 Å². The van der Waals surface area contributed by atoms with Crippen LogP contribution in [0.3, 0.4) is 0 Å². The van der Waals surface area contributed by atoms with Crippen molar-refractivity contribution in [2.45, 2.75) is 26.6 Å². The molecule has 1 aliphatic rings. The number of hydrogen-bond donors (Lipinski definition) is 0. The fourth-order valence-electron chi connectivity index (χ4n) is 3.17. The fraction of sp³-hybridized carbons (Fsp3) is 0.450. The Labute approximate surface area is 167 Å². The monoisotopic (exact) mass is 405 g/mol. The Morgan fingerprint density at radius 3 is 2.89 bits per heavy atom. The van der Waals surface area contributed by atoms with E-state index < -0.39 is 0 Å². The minimum Gasteiger partial charge on any atom is -0.370 e. The molecule has 0 bridgehead atoms. The van der Waals surface area contributed by atoms with E-state index in [-0.39, 0.29) is 36.9 Å². The maximum absolute atomic E-state index is 13.4. The number of benzene rings is 1. The molecule has 150 valence electrons. The van der Waals surface area contributed by atoms with Crippen LogP contribution < -0.4 is 0 Å². The highest BCUT2D eigenvalue weighted by molar-refractivity contribution is 7.11. The topological polar surface area (TPSA) is 62.7 Å². The number of aromatic nitrogens is 1. The molecule has 0 N–H and O–H groups in total. The van der Waals surface area contributed by atoms with Crippen LogP contribution in [0.5, 0.6) is 0 Å². The van der Waals surface area contributed by atoms with Gasteiger partial charge in [0.2, 0.25) is 5.91 Å². The van der Waals surface area contributed by atoms with Gasteiger partial charge in [0.15, 0.2) is 0 Å². The van der Waals surface area contributed by atoms with Crippen LogP contribution in [0.15, 0.2) is 36.0 Å². The van der Waals surface area contributed by atoms with Crippen molar-refractivity contribution in [3.8, 4) is 0 Å². The van der Waals surface area contributed by atoms with Gasteiger partial charge >= 0.3 is 0 Å². The van der Waals surface area contributed by atoms with E-state index in [1.807, 2.05) is 13.8 Å². The van der Waals surface area contributed by atoms with Gasteiger partial charge in [-0.25, -0.2) is 4.39 Å². The Bertz CT molecular complexity index is 813. The summed E-state index contributed by atoms with van der Waals surface area (Å²) in [6.45, 7) is 5.62. The van der Waals surface area contributed by atoms with Crippen molar-refractivity contribution >= 4 is 23.2 Å². The van der Waals surface area contributed by atoms with Crippen molar-refractivity contribution in [1.82, 2.24) is 14.8 Å². The van der Waals surface area contributed by atoms with Crippen LogP contribution in [0.25, 0.3) is 0 Å². The van der Waals surface area contributed by atoms with Crippen LogP contribution >= 0.6 is 11.3 Å². The van der Waals surface area contributed by atoms with E-state index in [0.29, 0.717) is 36.0 Å². The fourth-order valence-corrected chi connectivity index (χ4v) is 3.76. The quantitative estimate of drug-likeness (QED) is 0.741. The summed E-state index contributed by atoms with van der Waals surface area (Å²) < 4.78 is 19.4. The third-order valence-corrected chi connectivity index (χ3v) is 5.18. The Kier molecular flexibility index (Phi) is 6.74. The molecule has 0 spiro atoms. The summed E-state index contributed by atoms with van der Waals surface area (Å²) in [6.07, 6.45) is 1.15.